The summed E-state index contributed by atoms with van der Waals surface area (Å²) < 4.78 is 29.1. The Bertz CT molecular complexity index is 710. The second-order valence-corrected chi connectivity index (χ2v) is 9.17. The number of benzene rings is 1. The summed E-state index contributed by atoms with van der Waals surface area (Å²) in [5.41, 5.74) is 0.181. The molecule has 1 fully saturated rings. The van der Waals surface area contributed by atoms with Gasteiger partial charge in [-0.2, -0.15) is 0 Å². The van der Waals surface area contributed by atoms with Crippen molar-refractivity contribution in [3.05, 3.63) is 29.8 Å². The maximum atomic E-state index is 12.4. The standard InChI is InChI=1S/C18H28N2O4S/c1-18(2,3)24-17(21)20-11-7-6-8-14(13-20)12-15-9-4-5-10-16(15)25(19,22)23/h4-5,9-10,14H,6-8,11-13H2,1-3H3,(H2,19,22,23). The number of primary sulfonamides is 1. The van der Waals surface area contributed by atoms with Gasteiger partial charge in [0.15, 0.2) is 0 Å². The van der Waals surface area contributed by atoms with Crippen molar-refractivity contribution in [3.63, 3.8) is 0 Å². The van der Waals surface area contributed by atoms with Gasteiger partial charge in [-0.25, -0.2) is 18.4 Å². The molecule has 140 valence electrons. The van der Waals surface area contributed by atoms with Gasteiger partial charge in [-0.1, -0.05) is 24.6 Å². The molecule has 0 aromatic heterocycles. The fourth-order valence-electron chi connectivity index (χ4n) is 3.15. The Morgan fingerprint density at radius 1 is 1.28 bits per heavy atom. The van der Waals surface area contributed by atoms with Crippen molar-refractivity contribution in [1.29, 1.82) is 0 Å². The highest BCUT2D eigenvalue weighted by Gasteiger charge is 2.27. The molecule has 1 atom stereocenters. The summed E-state index contributed by atoms with van der Waals surface area (Å²) in [4.78, 5) is 14.3. The molecule has 0 bridgehead atoms. The van der Waals surface area contributed by atoms with E-state index in [-0.39, 0.29) is 16.9 Å². The summed E-state index contributed by atoms with van der Waals surface area (Å²) in [5.74, 6) is 0.179. The van der Waals surface area contributed by atoms with E-state index in [1.54, 1.807) is 17.0 Å². The number of amides is 1. The van der Waals surface area contributed by atoms with E-state index in [4.69, 9.17) is 9.88 Å². The molecule has 1 heterocycles. The number of hydrogen-bond acceptors (Lipinski definition) is 4. The molecular formula is C18H28N2O4S. The largest absolute Gasteiger partial charge is 0.444 e. The molecule has 0 saturated carbocycles. The smallest absolute Gasteiger partial charge is 0.410 e. The number of sulfonamides is 1. The van der Waals surface area contributed by atoms with E-state index in [0.29, 0.717) is 25.1 Å². The van der Waals surface area contributed by atoms with E-state index < -0.39 is 15.6 Å². The molecule has 0 radical (unpaired) electrons. The number of rotatable bonds is 3. The lowest BCUT2D eigenvalue weighted by atomic mass is 9.95. The maximum Gasteiger partial charge on any atom is 0.410 e. The first-order chi connectivity index (χ1) is 11.6. The van der Waals surface area contributed by atoms with E-state index >= 15 is 0 Å². The molecular weight excluding hydrogens is 340 g/mol. The Morgan fingerprint density at radius 3 is 2.60 bits per heavy atom. The summed E-state index contributed by atoms with van der Waals surface area (Å²) in [7, 11) is -3.75. The number of likely N-dealkylation sites (tertiary alicyclic amines) is 1. The Morgan fingerprint density at radius 2 is 1.96 bits per heavy atom. The van der Waals surface area contributed by atoms with Crippen LogP contribution in [-0.2, 0) is 21.2 Å². The quantitative estimate of drug-likeness (QED) is 0.888. The monoisotopic (exact) mass is 368 g/mol. The van der Waals surface area contributed by atoms with Crippen LogP contribution < -0.4 is 5.14 Å². The Balaban J connectivity index is 2.13. The van der Waals surface area contributed by atoms with Crippen LogP contribution in [0.2, 0.25) is 0 Å². The van der Waals surface area contributed by atoms with Gasteiger partial charge in [0.05, 0.1) is 4.90 Å². The average Bonchev–Trinajstić information content (AvgIpc) is 2.70. The van der Waals surface area contributed by atoms with Crippen LogP contribution >= 0.6 is 0 Å². The fraction of sp³-hybridized carbons (Fsp3) is 0.611. The van der Waals surface area contributed by atoms with Gasteiger partial charge < -0.3 is 9.64 Å². The van der Waals surface area contributed by atoms with Crippen LogP contribution in [0.5, 0.6) is 0 Å². The lowest BCUT2D eigenvalue weighted by Gasteiger charge is -2.28. The predicted octanol–water partition coefficient (Wildman–Crippen LogP) is 2.91. The summed E-state index contributed by atoms with van der Waals surface area (Å²) in [6.07, 6.45) is 3.14. The van der Waals surface area contributed by atoms with Crippen molar-refractivity contribution in [2.24, 2.45) is 11.1 Å². The summed E-state index contributed by atoms with van der Waals surface area (Å²) in [5, 5.41) is 5.33. The van der Waals surface area contributed by atoms with Crippen molar-refractivity contribution in [3.8, 4) is 0 Å². The molecule has 1 saturated heterocycles. The van der Waals surface area contributed by atoms with E-state index in [1.165, 1.54) is 6.07 Å². The van der Waals surface area contributed by atoms with Gasteiger partial charge in [-0.05, 0) is 57.6 Å². The summed E-state index contributed by atoms with van der Waals surface area (Å²) in [6.45, 7) is 6.78. The normalized spacial score (nSPS) is 19.4. The summed E-state index contributed by atoms with van der Waals surface area (Å²) in [6, 6.07) is 6.81. The van der Waals surface area contributed by atoms with Crippen LogP contribution in [0.25, 0.3) is 0 Å². The van der Waals surface area contributed by atoms with Crippen LogP contribution in [0.4, 0.5) is 4.79 Å². The molecule has 0 spiro atoms. The third-order valence-electron chi connectivity index (χ3n) is 4.21. The molecule has 1 amide bonds. The Hall–Kier alpha value is -1.60. The maximum absolute atomic E-state index is 12.4. The minimum Gasteiger partial charge on any atom is -0.444 e. The minimum absolute atomic E-state index is 0.170. The molecule has 1 aromatic carbocycles. The highest BCUT2D eigenvalue weighted by Crippen LogP contribution is 2.25. The van der Waals surface area contributed by atoms with Crippen LogP contribution in [0.15, 0.2) is 29.2 Å². The van der Waals surface area contributed by atoms with Crippen molar-refractivity contribution in [2.75, 3.05) is 13.1 Å². The zero-order chi connectivity index (χ0) is 18.7. The molecule has 25 heavy (non-hydrogen) atoms. The molecule has 1 unspecified atom stereocenters. The lowest BCUT2D eigenvalue weighted by Crippen LogP contribution is -2.39. The number of carbonyl (C=O) groups is 1. The zero-order valence-electron chi connectivity index (χ0n) is 15.2. The van der Waals surface area contributed by atoms with Gasteiger partial charge in [-0.15, -0.1) is 0 Å². The molecule has 1 aromatic rings. The molecule has 1 aliphatic rings. The Kier molecular flexibility index (Phi) is 6.11. The number of carbonyl (C=O) groups excluding carboxylic acids is 1. The highest BCUT2D eigenvalue weighted by molar-refractivity contribution is 7.89. The average molecular weight is 368 g/mol. The minimum atomic E-state index is -3.75. The van der Waals surface area contributed by atoms with Crippen LogP contribution in [-0.4, -0.2) is 38.1 Å². The number of nitrogens with zero attached hydrogens (tertiary/aromatic N) is 1. The lowest BCUT2D eigenvalue weighted by molar-refractivity contribution is 0.0234. The third kappa shape index (κ3) is 6.01. The van der Waals surface area contributed by atoms with Gasteiger partial charge in [0.25, 0.3) is 0 Å². The van der Waals surface area contributed by atoms with E-state index in [2.05, 4.69) is 0 Å². The molecule has 6 nitrogen and oxygen atoms in total. The molecule has 0 aliphatic carbocycles. The first-order valence-corrected chi connectivity index (χ1v) is 10.2. The van der Waals surface area contributed by atoms with Crippen molar-refractivity contribution < 1.29 is 17.9 Å². The molecule has 7 heteroatoms. The zero-order valence-corrected chi connectivity index (χ0v) is 16.0. The third-order valence-corrected chi connectivity index (χ3v) is 5.22. The number of ether oxygens (including phenoxy) is 1. The molecule has 2 rings (SSSR count). The van der Waals surface area contributed by atoms with Gasteiger partial charge in [0.1, 0.15) is 5.60 Å². The van der Waals surface area contributed by atoms with E-state index in [0.717, 1.165) is 19.3 Å². The summed E-state index contributed by atoms with van der Waals surface area (Å²) >= 11 is 0. The SMILES string of the molecule is CC(C)(C)OC(=O)N1CCCCC(Cc2ccccc2S(N)(=O)=O)C1. The van der Waals surface area contributed by atoms with Gasteiger partial charge in [-0.3, -0.25) is 0 Å². The predicted molar refractivity (Wildman–Crippen MR) is 96.7 cm³/mol. The first-order valence-electron chi connectivity index (χ1n) is 8.65. The van der Waals surface area contributed by atoms with E-state index in [1.807, 2.05) is 26.8 Å². The second-order valence-electron chi connectivity index (χ2n) is 7.65. The van der Waals surface area contributed by atoms with Crippen molar-refractivity contribution in [2.45, 2.75) is 57.0 Å². The van der Waals surface area contributed by atoms with Crippen LogP contribution in [0.3, 0.4) is 0 Å². The first kappa shape index (κ1) is 19.7. The molecule has 1 aliphatic heterocycles. The van der Waals surface area contributed by atoms with Crippen LogP contribution in [0.1, 0.15) is 45.6 Å². The van der Waals surface area contributed by atoms with Crippen LogP contribution in [0, 0.1) is 5.92 Å². The van der Waals surface area contributed by atoms with E-state index in [9.17, 15) is 13.2 Å². The topological polar surface area (TPSA) is 89.7 Å². The van der Waals surface area contributed by atoms with Crippen molar-refractivity contribution in [1.82, 2.24) is 4.90 Å². The molecule has 2 N–H and O–H groups in total. The van der Waals surface area contributed by atoms with Gasteiger partial charge >= 0.3 is 6.09 Å². The number of nitrogens with two attached hydrogens (primary N) is 1. The number of hydrogen-bond donors (Lipinski definition) is 1. The second kappa shape index (κ2) is 7.74. The van der Waals surface area contributed by atoms with Gasteiger partial charge in [0, 0.05) is 13.1 Å². The fourth-order valence-corrected chi connectivity index (χ4v) is 3.93. The Labute approximate surface area is 150 Å². The van der Waals surface area contributed by atoms with Gasteiger partial charge in [0.2, 0.25) is 10.0 Å². The highest BCUT2D eigenvalue weighted by atomic mass is 32.2. The van der Waals surface area contributed by atoms with Crippen molar-refractivity contribution >= 4 is 16.1 Å².